The van der Waals surface area contributed by atoms with Crippen molar-refractivity contribution >= 4 is 18.3 Å². The third kappa shape index (κ3) is 3.77. The topological polar surface area (TPSA) is 58.4 Å². The predicted octanol–water partition coefficient (Wildman–Crippen LogP) is 1.53. The molecule has 1 saturated heterocycles. The van der Waals surface area contributed by atoms with Crippen LogP contribution in [-0.2, 0) is 11.3 Å². The molecular weight excluding hydrogens is 305 g/mol. The number of carbonyl (C=O) groups is 1. The maximum atomic E-state index is 13.5. The number of likely N-dealkylation sites (tertiary alicyclic amines) is 1. The fraction of sp³-hybridized carbons (Fsp3) is 0.562. The maximum absolute atomic E-state index is 13.5. The number of amides is 1. The Morgan fingerprint density at radius 3 is 2.82 bits per heavy atom. The highest BCUT2D eigenvalue weighted by Crippen LogP contribution is 2.36. The van der Waals surface area contributed by atoms with Crippen LogP contribution in [0.1, 0.15) is 18.4 Å². The van der Waals surface area contributed by atoms with Gasteiger partial charge in [-0.05, 0) is 30.7 Å². The Hall–Kier alpha value is -1.17. The van der Waals surface area contributed by atoms with Gasteiger partial charge in [-0.2, -0.15) is 0 Å². The van der Waals surface area contributed by atoms with Gasteiger partial charge in [0, 0.05) is 31.2 Å². The van der Waals surface area contributed by atoms with Gasteiger partial charge in [0.1, 0.15) is 5.82 Å². The smallest absolute Gasteiger partial charge is 0.234 e. The maximum Gasteiger partial charge on any atom is 0.234 e. The van der Waals surface area contributed by atoms with Crippen molar-refractivity contribution in [3.63, 3.8) is 0 Å². The number of nitrogens with one attached hydrogen (secondary N) is 1. The zero-order valence-electron chi connectivity index (χ0n) is 12.5. The van der Waals surface area contributed by atoms with E-state index < -0.39 is 0 Å². The number of nitrogens with zero attached hydrogens (tertiary/aromatic N) is 1. The minimum atomic E-state index is -0.278. The number of hydrogen-bond donors (Lipinski definition) is 2. The Bertz CT molecular complexity index is 528. The first kappa shape index (κ1) is 17.2. The number of rotatable bonds is 4. The van der Waals surface area contributed by atoms with Crippen LogP contribution in [0.15, 0.2) is 24.3 Å². The average molecular weight is 328 g/mol. The predicted molar refractivity (Wildman–Crippen MR) is 86.1 cm³/mol. The molecule has 3 unspecified atom stereocenters. The molecule has 1 aromatic rings. The molecule has 2 fully saturated rings. The van der Waals surface area contributed by atoms with E-state index in [-0.39, 0.29) is 30.7 Å². The van der Waals surface area contributed by atoms with E-state index in [9.17, 15) is 9.18 Å². The standard InChI is InChI=1S/C16H22FN3O.ClH/c17-14-4-2-1-3-11(14)7-19-16(21)10-20-8-12-5-6-15(18)13(12)9-20;/h1-4,12-13,15H,5-10,18H2,(H,19,21);1H. The lowest BCUT2D eigenvalue weighted by atomic mass is 9.98. The minimum Gasteiger partial charge on any atom is -0.351 e. The molecule has 3 rings (SSSR count). The molecule has 0 radical (unpaired) electrons. The summed E-state index contributed by atoms with van der Waals surface area (Å²) in [6.45, 7) is 2.50. The van der Waals surface area contributed by atoms with Gasteiger partial charge >= 0.3 is 0 Å². The molecule has 0 spiro atoms. The SMILES string of the molecule is Cl.NC1CCC2CN(CC(=O)NCc3ccccc3F)CC12. The van der Waals surface area contributed by atoms with Crippen molar-refractivity contribution in [2.45, 2.75) is 25.4 Å². The molecule has 0 bridgehead atoms. The van der Waals surface area contributed by atoms with E-state index in [1.807, 2.05) is 0 Å². The highest BCUT2D eigenvalue weighted by Gasteiger charge is 2.41. The molecule has 3 atom stereocenters. The van der Waals surface area contributed by atoms with Crippen molar-refractivity contribution in [2.75, 3.05) is 19.6 Å². The Morgan fingerprint density at radius 2 is 2.09 bits per heavy atom. The summed E-state index contributed by atoms with van der Waals surface area (Å²) in [5, 5.41) is 2.79. The second-order valence-corrected chi connectivity index (χ2v) is 6.23. The van der Waals surface area contributed by atoms with E-state index in [0.29, 0.717) is 30.0 Å². The van der Waals surface area contributed by atoms with E-state index in [0.717, 1.165) is 19.5 Å². The van der Waals surface area contributed by atoms with Gasteiger partial charge in [0.25, 0.3) is 0 Å². The van der Waals surface area contributed by atoms with Crippen LogP contribution in [0.2, 0.25) is 0 Å². The van der Waals surface area contributed by atoms with Gasteiger partial charge in [0.05, 0.1) is 6.54 Å². The monoisotopic (exact) mass is 327 g/mol. The van der Waals surface area contributed by atoms with E-state index in [1.165, 1.54) is 12.5 Å². The van der Waals surface area contributed by atoms with Gasteiger partial charge in [0.15, 0.2) is 0 Å². The molecule has 122 valence electrons. The Kier molecular flexibility index (Phi) is 5.78. The first-order chi connectivity index (χ1) is 10.1. The molecule has 1 aliphatic heterocycles. The molecular formula is C16H23ClFN3O. The number of benzene rings is 1. The molecule has 4 nitrogen and oxygen atoms in total. The van der Waals surface area contributed by atoms with Crippen molar-refractivity contribution < 1.29 is 9.18 Å². The number of fused-ring (bicyclic) bond motifs is 1. The quantitative estimate of drug-likeness (QED) is 0.882. The summed E-state index contributed by atoms with van der Waals surface area (Å²) in [6, 6.07) is 6.81. The number of nitrogens with two attached hydrogens (primary N) is 1. The number of carbonyl (C=O) groups excluding carboxylic acids is 1. The second kappa shape index (κ2) is 7.40. The van der Waals surface area contributed by atoms with Gasteiger partial charge in [-0.1, -0.05) is 18.2 Å². The van der Waals surface area contributed by atoms with Crippen LogP contribution in [0.25, 0.3) is 0 Å². The summed E-state index contributed by atoms with van der Waals surface area (Å²) in [6.07, 6.45) is 2.29. The molecule has 22 heavy (non-hydrogen) atoms. The van der Waals surface area contributed by atoms with Crippen molar-refractivity contribution in [1.82, 2.24) is 10.2 Å². The van der Waals surface area contributed by atoms with E-state index in [2.05, 4.69) is 10.2 Å². The zero-order chi connectivity index (χ0) is 14.8. The summed E-state index contributed by atoms with van der Waals surface area (Å²) >= 11 is 0. The van der Waals surface area contributed by atoms with Gasteiger partial charge in [-0.3, -0.25) is 9.69 Å². The highest BCUT2D eigenvalue weighted by molar-refractivity contribution is 5.85. The zero-order valence-corrected chi connectivity index (χ0v) is 13.3. The molecule has 3 N–H and O–H groups in total. The van der Waals surface area contributed by atoms with E-state index in [1.54, 1.807) is 18.2 Å². The fourth-order valence-electron chi connectivity index (χ4n) is 3.62. The normalized spacial score (nSPS) is 27.3. The number of halogens is 2. The third-order valence-corrected chi connectivity index (χ3v) is 4.79. The summed E-state index contributed by atoms with van der Waals surface area (Å²) < 4.78 is 13.5. The Balaban J connectivity index is 0.00000176. The van der Waals surface area contributed by atoms with E-state index >= 15 is 0 Å². The summed E-state index contributed by atoms with van der Waals surface area (Å²) in [5.74, 6) is 0.870. The van der Waals surface area contributed by atoms with E-state index in [4.69, 9.17) is 5.73 Å². The third-order valence-electron chi connectivity index (χ3n) is 4.79. The molecule has 2 aliphatic rings. The van der Waals surface area contributed by atoms with Crippen LogP contribution in [-0.4, -0.2) is 36.5 Å². The fourth-order valence-corrected chi connectivity index (χ4v) is 3.62. The molecule has 6 heteroatoms. The first-order valence-electron chi connectivity index (χ1n) is 7.61. The van der Waals surface area contributed by atoms with Crippen LogP contribution in [0, 0.1) is 17.7 Å². The summed E-state index contributed by atoms with van der Waals surface area (Å²) in [5.41, 5.74) is 6.61. The lowest BCUT2D eigenvalue weighted by molar-refractivity contribution is -0.122. The average Bonchev–Trinajstić information content (AvgIpc) is 3.00. The van der Waals surface area contributed by atoms with Crippen LogP contribution in [0.4, 0.5) is 4.39 Å². The lowest BCUT2D eigenvalue weighted by Gasteiger charge is -2.17. The van der Waals surface area contributed by atoms with Crippen molar-refractivity contribution in [3.05, 3.63) is 35.6 Å². The molecule has 1 heterocycles. The lowest BCUT2D eigenvalue weighted by Crippen LogP contribution is -2.37. The molecule has 1 amide bonds. The van der Waals surface area contributed by atoms with Crippen LogP contribution in [0.5, 0.6) is 0 Å². The van der Waals surface area contributed by atoms with Gasteiger partial charge in [-0.15, -0.1) is 12.4 Å². The molecule has 0 aromatic heterocycles. The van der Waals surface area contributed by atoms with Crippen LogP contribution >= 0.6 is 12.4 Å². The largest absolute Gasteiger partial charge is 0.351 e. The van der Waals surface area contributed by atoms with Gasteiger partial charge in [-0.25, -0.2) is 4.39 Å². The minimum absolute atomic E-state index is 0. The van der Waals surface area contributed by atoms with Crippen molar-refractivity contribution in [1.29, 1.82) is 0 Å². The first-order valence-corrected chi connectivity index (χ1v) is 7.61. The van der Waals surface area contributed by atoms with Crippen LogP contribution < -0.4 is 11.1 Å². The molecule has 1 saturated carbocycles. The van der Waals surface area contributed by atoms with Gasteiger partial charge in [0.2, 0.25) is 5.91 Å². The van der Waals surface area contributed by atoms with Crippen molar-refractivity contribution in [2.24, 2.45) is 17.6 Å². The molecule has 1 aromatic carbocycles. The van der Waals surface area contributed by atoms with Crippen molar-refractivity contribution in [3.8, 4) is 0 Å². The highest BCUT2D eigenvalue weighted by atomic mass is 35.5. The summed E-state index contributed by atoms with van der Waals surface area (Å²) in [4.78, 5) is 14.2. The summed E-state index contributed by atoms with van der Waals surface area (Å²) in [7, 11) is 0. The number of hydrogen-bond acceptors (Lipinski definition) is 3. The van der Waals surface area contributed by atoms with Crippen LogP contribution in [0.3, 0.4) is 0 Å². The second-order valence-electron chi connectivity index (χ2n) is 6.23. The van der Waals surface area contributed by atoms with Gasteiger partial charge < -0.3 is 11.1 Å². The Labute approximate surface area is 136 Å². The Morgan fingerprint density at radius 1 is 1.32 bits per heavy atom. The molecule has 1 aliphatic carbocycles.